The smallest absolute Gasteiger partial charge is 0.410 e. The molecule has 0 bridgehead atoms. The molecule has 2 fully saturated rings. The molecule has 1 aromatic carbocycles. The van der Waals surface area contributed by atoms with E-state index < -0.39 is 11.6 Å². The monoisotopic (exact) mass is 502 g/mol. The van der Waals surface area contributed by atoms with Gasteiger partial charge >= 0.3 is 12.1 Å². The summed E-state index contributed by atoms with van der Waals surface area (Å²) in [7, 11) is 0. The Hall–Kier alpha value is -2.45. The first kappa shape index (κ1) is 22.7. The largest absolute Gasteiger partial charge is 0.480 e. The second kappa shape index (κ2) is 9.58. The molecule has 0 radical (unpaired) electrons. The highest BCUT2D eigenvalue weighted by atomic mass is 79.9. The van der Waals surface area contributed by atoms with Gasteiger partial charge in [-0.1, -0.05) is 36.4 Å². The molecular formula is C24H27BrN2O5. The number of aliphatic carboxylic acids is 1. The van der Waals surface area contributed by atoms with Crippen molar-refractivity contribution in [3.8, 4) is 0 Å². The number of carboxylic acids is 1. The van der Waals surface area contributed by atoms with Crippen LogP contribution in [-0.4, -0.2) is 46.7 Å². The maximum Gasteiger partial charge on any atom is 0.410 e. The minimum Gasteiger partial charge on any atom is -0.480 e. The number of nitrogens with zero attached hydrogens (tertiary/aromatic N) is 2. The van der Waals surface area contributed by atoms with E-state index in [1.807, 2.05) is 42.5 Å². The Labute approximate surface area is 195 Å². The van der Waals surface area contributed by atoms with Gasteiger partial charge in [0.05, 0.1) is 5.60 Å². The standard InChI is InChI=1S/C24H27BrN2O5/c25-20-7-6-19(14-26-20)24(32-16-21(28)29)9-8-23(17-24)10-12-27(13-11-23)22(30)31-15-18-4-2-1-3-5-18/h1-7,14H,8-13,15-17H2,(H,28,29). The molecule has 7 nitrogen and oxygen atoms in total. The van der Waals surface area contributed by atoms with E-state index in [1.54, 1.807) is 11.1 Å². The Morgan fingerprint density at radius 1 is 1.06 bits per heavy atom. The van der Waals surface area contributed by atoms with E-state index in [4.69, 9.17) is 9.47 Å². The van der Waals surface area contributed by atoms with Crippen molar-refractivity contribution in [2.45, 2.75) is 44.3 Å². The molecule has 1 aliphatic heterocycles. The fourth-order valence-corrected chi connectivity index (χ4v) is 5.18. The van der Waals surface area contributed by atoms with Crippen LogP contribution in [0, 0.1) is 5.41 Å². The molecule has 1 unspecified atom stereocenters. The van der Waals surface area contributed by atoms with Crippen molar-refractivity contribution in [3.63, 3.8) is 0 Å². The fourth-order valence-electron chi connectivity index (χ4n) is 4.95. The lowest BCUT2D eigenvalue weighted by molar-refractivity contribution is -0.151. The number of carbonyl (C=O) groups excluding carboxylic acids is 1. The van der Waals surface area contributed by atoms with Gasteiger partial charge in [0.15, 0.2) is 0 Å². The average Bonchev–Trinajstić information content (AvgIpc) is 3.17. The van der Waals surface area contributed by atoms with Crippen molar-refractivity contribution >= 4 is 28.0 Å². The number of likely N-dealkylation sites (tertiary alicyclic amines) is 1. The van der Waals surface area contributed by atoms with Crippen molar-refractivity contribution in [1.29, 1.82) is 0 Å². The van der Waals surface area contributed by atoms with Crippen molar-refractivity contribution in [1.82, 2.24) is 9.88 Å². The Bertz CT molecular complexity index is 945. The zero-order chi connectivity index (χ0) is 22.6. The molecule has 8 heteroatoms. The number of amides is 1. The number of hydrogen-bond donors (Lipinski definition) is 1. The van der Waals surface area contributed by atoms with Gasteiger partial charge < -0.3 is 19.5 Å². The zero-order valence-electron chi connectivity index (χ0n) is 17.8. The van der Waals surface area contributed by atoms with Crippen LogP contribution in [-0.2, 0) is 26.5 Å². The summed E-state index contributed by atoms with van der Waals surface area (Å²) in [5.74, 6) is -0.980. The van der Waals surface area contributed by atoms with Gasteiger partial charge in [0.1, 0.15) is 17.8 Å². The molecule has 32 heavy (non-hydrogen) atoms. The molecule has 1 saturated carbocycles. The lowest BCUT2D eigenvalue weighted by atomic mass is 9.75. The highest BCUT2D eigenvalue weighted by Gasteiger charge is 2.51. The molecule has 170 valence electrons. The number of hydrogen-bond acceptors (Lipinski definition) is 5. The molecule has 1 aliphatic carbocycles. The predicted octanol–water partition coefficient (Wildman–Crippen LogP) is 4.74. The number of benzene rings is 1. The van der Waals surface area contributed by atoms with Gasteiger partial charge in [-0.3, -0.25) is 0 Å². The summed E-state index contributed by atoms with van der Waals surface area (Å²) in [6.07, 6.45) is 5.56. The Morgan fingerprint density at radius 2 is 1.81 bits per heavy atom. The second-order valence-electron chi connectivity index (χ2n) is 8.75. The van der Waals surface area contributed by atoms with E-state index in [9.17, 15) is 14.7 Å². The van der Waals surface area contributed by atoms with E-state index in [-0.39, 0.29) is 24.7 Å². The molecule has 2 aromatic rings. The van der Waals surface area contributed by atoms with Gasteiger partial charge in [0.2, 0.25) is 0 Å². The number of halogens is 1. The first-order chi connectivity index (χ1) is 15.4. The van der Waals surface area contributed by atoms with E-state index >= 15 is 0 Å². The topological polar surface area (TPSA) is 89.0 Å². The zero-order valence-corrected chi connectivity index (χ0v) is 19.4. The summed E-state index contributed by atoms with van der Waals surface area (Å²) in [6, 6.07) is 13.5. The van der Waals surface area contributed by atoms with Crippen LogP contribution in [0.5, 0.6) is 0 Å². The molecule has 1 spiro atoms. The van der Waals surface area contributed by atoms with E-state index in [2.05, 4.69) is 20.9 Å². The third-order valence-corrected chi connectivity index (χ3v) is 7.20. The third-order valence-electron chi connectivity index (χ3n) is 6.73. The summed E-state index contributed by atoms with van der Waals surface area (Å²) < 4.78 is 12.2. The van der Waals surface area contributed by atoms with Crippen LogP contribution in [0.1, 0.15) is 43.2 Å². The van der Waals surface area contributed by atoms with Crippen LogP contribution in [0.15, 0.2) is 53.3 Å². The van der Waals surface area contributed by atoms with E-state index in [0.29, 0.717) is 13.1 Å². The normalized spacial score (nSPS) is 22.1. The molecule has 1 saturated heterocycles. The SMILES string of the molecule is O=C(O)COC1(c2ccc(Br)nc2)CCC2(CCN(C(=O)OCc3ccccc3)CC2)C1. The van der Waals surface area contributed by atoms with Crippen molar-refractivity contribution in [2.24, 2.45) is 5.41 Å². The molecule has 2 aliphatic rings. The van der Waals surface area contributed by atoms with Crippen LogP contribution in [0.4, 0.5) is 4.79 Å². The first-order valence-electron chi connectivity index (χ1n) is 10.8. The summed E-state index contributed by atoms with van der Waals surface area (Å²) in [5.41, 5.74) is 1.22. The van der Waals surface area contributed by atoms with Crippen LogP contribution in [0.2, 0.25) is 0 Å². The molecule has 1 N–H and O–H groups in total. The molecule has 4 rings (SSSR count). The predicted molar refractivity (Wildman–Crippen MR) is 121 cm³/mol. The Balaban J connectivity index is 1.39. The van der Waals surface area contributed by atoms with Crippen LogP contribution < -0.4 is 0 Å². The summed E-state index contributed by atoms with van der Waals surface area (Å²) in [4.78, 5) is 29.9. The molecule has 2 heterocycles. The minimum absolute atomic E-state index is 0.0157. The van der Waals surface area contributed by atoms with Crippen LogP contribution in [0.25, 0.3) is 0 Å². The van der Waals surface area contributed by atoms with Gasteiger partial charge in [-0.25, -0.2) is 14.6 Å². The van der Waals surface area contributed by atoms with Crippen molar-refractivity contribution in [2.75, 3.05) is 19.7 Å². The van der Waals surface area contributed by atoms with Crippen molar-refractivity contribution < 1.29 is 24.2 Å². The fraction of sp³-hybridized carbons (Fsp3) is 0.458. The van der Waals surface area contributed by atoms with E-state index in [0.717, 1.165) is 47.8 Å². The number of ether oxygens (including phenoxy) is 2. The Morgan fingerprint density at radius 3 is 2.47 bits per heavy atom. The quantitative estimate of drug-likeness (QED) is 0.573. The number of piperidine rings is 1. The lowest BCUT2D eigenvalue weighted by Gasteiger charge is -2.40. The Kier molecular flexibility index (Phi) is 6.81. The summed E-state index contributed by atoms with van der Waals surface area (Å²) in [5, 5.41) is 9.20. The van der Waals surface area contributed by atoms with Gasteiger partial charge in [-0.2, -0.15) is 0 Å². The number of pyridine rings is 1. The van der Waals surface area contributed by atoms with Crippen molar-refractivity contribution in [3.05, 3.63) is 64.4 Å². The van der Waals surface area contributed by atoms with Gasteiger partial charge in [-0.15, -0.1) is 0 Å². The number of rotatable bonds is 6. The van der Waals surface area contributed by atoms with Crippen LogP contribution in [0.3, 0.4) is 0 Å². The lowest BCUT2D eigenvalue weighted by Crippen LogP contribution is -2.43. The molecular weight excluding hydrogens is 476 g/mol. The summed E-state index contributed by atoms with van der Waals surface area (Å²) >= 11 is 3.36. The second-order valence-corrected chi connectivity index (χ2v) is 9.56. The number of carboxylic acid groups (broad SMARTS) is 1. The molecule has 1 amide bonds. The van der Waals surface area contributed by atoms with E-state index in [1.165, 1.54) is 0 Å². The third kappa shape index (κ3) is 5.13. The number of carbonyl (C=O) groups is 2. The first-order valence-corrected chi connectivity index (χ1v) is 11.6. The van der Waals surface area contributed by atoms with Crippen LogP contribution >= 0.6 is 15.9 Å². The van der Waals surface area contributed by atoms with Gasteiger partial charge in [0.25, 0.3) is 0 Å². The van der Waals surface area contributed by atoms with Gasteiger partial charge in [-0.05, 0) is 65.1 Å². The maximum atomic E-state index is 12.5. The number of aromatic nitrogens is 1. The highest BCUT2D eigenvalue weighted by Crippen LogP contribution is 2.56. The maximum absolute atomic E-state index is 12.5. The molecule has 1 aromatic heterocycles. The average molecular weight is 503 g/mol. The highest BCUT2D eigenvalue weighted by molar-refractivity contribution is 9.10. The van der Waals surface area contributed by atoms with Gasteiger partial charge in [0, 0.05) is 24.8 Å². The summed E-state index contributed by atoms with van der Waals surface area (Å²) in [6.45, 7) is 1.18. The molecule has 1 atom stereocenters. The minimum atomic E-state index is -0.980.